The van der Waals surface area contributed by atoms with Crippen molar-refractivity contribution in [3.63, 3.8) is 0 Å². The fourth-order valence-electron chi connectivity index (χ4n) is 1.83. The van der Waals surface area contributed by atoms with Gasteiger partial charge in [0.1, 0.15) is 11.3 Å². The second-order valence-electron chi connectivity index (χ2n) is 3.89. The van der Waals surface area contributed by atoms with Crippen LogP contribution in [0.5, 0.6) is 5.75 Å². The highest BCUT2D eigenvalue weighted by Crippen LogP contribution is 2.29. The van der Waals surface area contributed by atoms with Crippen molar-refractivity contribution in [3.8, 4) is 5.75 Å². The molecule has 3 N–H and O–H groups in total. The first-order valence-electron chi connectivity index (χ1n) is 5.72. The minimum atomic E-state index is -1.07. The van der Waals surface area contributed by atoms with Crippen LogP contribution in [0.3, 0.4) is 0 Å². The van der Waals surface area contributed by atoms with Gasteiger partial charge in [-0.25, -0.2) is 4.79 Å². The van der Waals surface area contributed by atoms with E-state index in [1.165, 1.54) is 13.3 Å². The maximum Gasteiger partial charge on any atom is 0.339 e. The number of nitrogens with zero attached hydrogens (tertiary/aromatic N) is 1. The Hall–Kier alpha value is -2.05. The first-order chi connectivity index (χ1) is 9.17. The van der Waals surface area contributed by atoms with E-state index >= 15 is 0 Å². The fourth-order valence-corrected chi connectivity index (χ4v) is 1.83. The molecule has 0 saturated carbocycles. The van der Waals surface area contributed by atoms with E-state index in [0.717, 1.165) is 0 Å². The molecule has 0 spiro atoms. The van der Waals surface area contributed by atoms with E-state index in [4.69, 9.17) is 9.84 Å². The number of carboxylic acid groups (broad SMARTS) is 1. The number of carboxylic acids is 1. The SMILES string of the molecule is COc1ccc2ncc(C(=O)O)c(NCCO)c2c1.Cl. The molecule has 0 bridgehead atoms. The normalized spacial score (nSPS) is 9.90. The predicted molar refractivity (Wildman–Crippen MR) is 78.1 cm³/mol. The van der Waals surface area contributed by atoms with Gasteiger partial charge in [-0.05, 0) is 18.2 Å². The molecule has 0 amide bonds. The quantitative estimate of drug-likeness (QED) is 0.779. The summed E-state index contributed by atoms with van der Waals surface area (Å²) in [6, 6.07) is 5.23. The maximum atomic E-state index is 11.2. The number of hydrogen-bond donors (Lipinski definition) is 3. The number of methoxy groups -OCH3 is 1. The van der Waals surface area contributed by atoms with Crippen LogP contribution in [0.25, 0.3) is 10.9 Å². The summed E-state index contributed by atoms with van der Waals surface area (Å²) in [6.45, 7) is 0.170. The monoisotopic (exact) mass is 298 g/mol. The number of hydrogen-bond acceptors (Lipinski definition) is 5. The van der Waals surface area contributed by atoms with Gasteiger partial charge in [-0.1, -0.05) is 0 Å². The van der Waals surface area contributed by atoms with Crippen molar-refractivity contribution in [3.05, 3.63) is 30.0 Å². The highest BCUT2D eigenvalue weighted by atomic mass is 35.5. The number of aromatic nitrogens is 1. The average molecular weight is 299 g/mol. The molecule has 0 radical (unpaired) electrons. The van der Waals surface area contributed by atoms with Crippen molar-refractivity contribution in [1.29, 1.82) is 0 Å². The van der Waals surface area contributed by atoms with Gasteiger partial charge >= 0.3 is 5.97 Å². The van der Waals surface area contributed by atoms with Crippen LogP contribution in [0, 0.1) is 0 Å². The highest BCUT2D eigenvalue weighted by Gasteiger charge is 2.14. The van der Waals surface area contributed by atoms with E-state index < -0.39 is 5.97 Å². The van der Waals surface area contributed by atoms with E-state index in [1.54, 1.807) is 18.2 Å². The lowest BCUT2D eigenvalue weighted by molar-refractivity contribution is 0.0697. The fraction of sp³-hybridized carbons (Fsp3) is 0.231. The van der Waals surface area contributed by atoms with Crippen molar-refractivity contribution in [2.75, 3.05) is 25.6 Å². The molecule has 20 heavy (non-hydrogen) atoms. The van der Waals surface area contributed by atoms with Crippen molar-refractivity contribution in [2.24, 2.45) is 0 Å². The summed E-state index contributed by atoms with van der Waals surface area (Å²) in [5.41, 5.74) is 1.16. The van der Waals surface area contributed by atoms with Gasteiger partial charge in [-0.3, -0.25) is 4.98 Å². The van der Waals surface area contributed by atoms with Crippen LogP contribution in [-0.2, 0) is 0 Å². The zero-order valence-electron chi connectivity index (χ0n) is 10.8. The number of ether oxygens (including phenoxy) is 1. The summed E-state index contributed by atoms with van der Waals surface area (Å²) in [6.07, 6.45) is 1.30. The van der Waals surface area contributed by atoms with Crippen molar-refractivity contribution < 1.29 is 19.7 Å². The number of benzene rings is 1. The lowest BCUT2D eigenvalue weighted by atomic mass is 10.1. The van der Waals surface area contributed by atoms with Gasteiger partial charge in [0.25, 0.3) is 0 Å². The molecule has 0 atom stereocenters. The molecule has 0 unspecified atom stereocenters. The molecule has 1 heterocycles. The number of rotatable bonds is 5. The third kappa shape index (κ3) is 3.09. The van der Waals surface area contributed by atoms with E-state index in [1.807, 2.05) is 0 Å². The van der Waals surface area contributed by atoms with Crippen LogP contribution in [0.1, 0.15) is 10.4 Å². The molecule has 0 aliphatic carbocycles. The van der Waals surface area contributed by atoms with Crippen molar-refractivity contribution >= 4 is 35.0 Å². The summed E-state index contributed by atoms with van der Waals surface area (Å²) in [7, 11) is 1.54. The van der Waals surface area contributed by atoms with E-state index in [-0.39, 0.29) is 31.1 Å². The average Bonchev–Trinajstić information content (AvgIpc) is 2.43. The molecule has 0 aliphatic rings. The molecular formula is C13H15ClN2O4. The molecule has 0 fully saturated rings. The van der Waals surface area contributed by atoms with Gasteiger partial charge in [0.2, 0.25) is 0 Å². The molecule has 1 aromatic carbocycles. The Labute approximate surface area is 121 Å². The van der Waals surface area contributed by atoms with Crippen LogP contribution in [0.2, 0.25) is 0 Å². The number of anilines is 1. The molecule has 6 nitrogen and oxygen atoms in total. The minimum Gasteiger partial charge on any atom is -0.497 e. The Kier molecular flexibility index (Phi) is 5.54. The van der Waals surface area contributed by atoms with Crippen LogP contribution < -0.4 is 10.1 Å². The molecule has 108 valence electrons. The molecule has 7 heteroatoms. The molecule has 0 saturated heterocycles. The summed E-state index contributed by atoms with van der Waals surface area (Å²) in [5.74, 6) is -0.457. The lowest BCUT2D eigenvalue weighted by Gasteiger charge is -2.12. The van der Waals surface area contributed by atoms with Gasteiger partial charge in [-0.2, -0.15) is 0 Å². The van der Waals surface area contributed by atoms with E-state index in [0.29, 0.717) is 22.3 Å². The third-order valence-electron chi connectivity index (χ3n) is 2.72. The number of aliphatic hydroxyl groups is 1. The number of nitrogens with one attached hydrogen (secondary N) is 1. The molecule has 0 aliphatic heterocycles. The topological polar surface area (TPSA) is 91.7 Å². The van der Waals surface area contributed by atoms with Crippen molar-refractivity contribution in [2.45, 2.75) is 0 Å². The number of fused-ring (bicyclic) bond motifs is 1. The summed E-state index contributed by atoms with van der Waals surface area (Å²) in [4.78, 5) is 15.3. The Morgan fingerprint density at radius 3 is 2.80 bits per heavy atom. The summed E-state index contributed by atoms with van der Waals surface area (Å²) in [5, 5.41) is 21.6. The second-order valence-corrected chi connectivity index (χ2v) is 3.89. The number of pyridine rings is 1. The van der Waals surface area contributed by atoms with E-state index in [9.17, 15) is 9.90 Å². The number of aromatic carboxylic acids is 1. The Balaban J connectivity index is 0.00000200. The summed E-state index contributed by atoms with van der Waals surface area (Å²) >= 11 is 0. The van der Waals surface area contributed by atoms with Gasteiger partial charge in [-0.15, -0.1) is 12.4 Å². The third-order valence-corrected chi connectivity index (χ3v) is 2.72. The van der Waals surface area contributed by atoms with Crippen LogP contribution >= 0.6 is 12.4 Å². The molecule has 2 rings (SSSR count). The van der Waals surface area contributed by atoms with Gasteiger partial charge < -0.3 is 20.3 Å². The van der Waals surface area contributed by atoms with Crippen LogP contribution in [-0.4, -0.2) is 41.4 Å². The number of carbonyl (C=O) groups is 1. The zero-order chi connectivity index (χ0) is 13.8. The lowest BCUT2D eigenvalue weighted by Crippen LogP contribution is -2.11. The zero-order valence-corrected chi connectivity index (χ0v) is 11.6. The van der Waals surface area contributed by atoms with E-state index in [2.05, 4.69) is 10.3 Å². The van der Waals surface area contributed by atoms with Crippen LogP contribution in [0.4, 0.5) is 5.69 Å². The Morgan fingerprint density at radius 2 is 2.20 bits per heavy atom. The minimum absolute atomic E-state index is 0. The number of halogens is 1. The number of aliphatic hydroxyl groups excluding tert-OH is 1. The van der Waals surface area contributed by atoms with Crippen molar-refractivity contribution in [1.82, 2.24) is 4.98 Å². The first kappa shape index (κ1) is 16.0. The smallest absolute Gasteiger partial charge is 0.339 e. The Bertz CT molecular complexity index is 619. The second kappa shape index (κ2) is 6.93. The van der Waals surface area contributed by atoms with Gasteiger partial charge in [0, 0.05) is 18.1 Å². The van der Waals surface area contributed by atoms with Crippen LogP contribution in [0.15, 0.2) is 24.4 Å². The maximum absolute atomic E-state index is 11.2. The largest absolute Gasteiger partial charge is 0.497 e. The summed E-state index contributed by atoms with van der Waals surface area (Å²) < 4.78 is 5.13. The van der Waals surface area contributed by atoms with Gasteiger partial charge in [0.15, 0.2) is 0 Å². The first-order valence-corrected chi connectivity index (χ1v) is 5.72. The molecular weight excluding hydrogens is 284 g/mol. The highest BCUT2D eigenvalue weighted by molar-refractivity contribution is 6.04. The molecule has 2 aromatic rings. The standard InChI is InChI=1S/C13H14N2O4.ClH/c1-19-8-2-3-11-9(6-8)12(14-4-5-16)10(7-15-11)13(17)18;/h2-3,6-7,16H,4-5H2,1H3,(H,14,15)(H,17,18);1H. The predicted octanol–water partition coefficient (Wildman–Crippen LogP) is 1.77. The molecule has 1 aromatic heterocycles. The Morgan fingerprint density at radius 1 is 1.45 bits per heavy atom. The van der Waals surface area contributed by atoms with Gasteiger partial charge in [0.05, 0.1) is 24.9 Å².